The van der Waals surface area contributed by atoms with Gasteiger partial charge in [0, 0.05) is 27.8 Å². The lowest BCUT2D eigenvalue weighted by atomic mass is 10.1. The molecule has 28 heavy (non-hydrogen) atoms. The number of nitriles is 1. The highest BCUT2D eigenvalue weighted by molar-refractivity contribution is 6.30. The van der Waals surface area contributed by atoms with E-state index in [2.05, 4.69) is 9.88 Å². The largest absolute Gasteiger partial charge is 0.321 e. The van der Waals surface area contributed by atoms with Gasteiger partial charge in [0.2, 0.25) is 0 Å². The zero-order valence-corrected chi connectivity index (χ0v) is 16.7. The number of hydrogen-bond acceptors (Lipinski definition) is 2. The standard InChI is InChI=1S/C23H20ClN3O/c1-15-6-4-5-7-22(15)26-23(28)19(14-25)13-18-12-16(2)27(17(18)3)21-10-8-20(24)9-11-21/h4-13H,1-3H3,(H,26,28)/b19-13+. The molecule has 0 radical (unpaired) electrons. The number of carbonyl (C=O) groups is 1. The molecule has 3 rings (SSSR count). The first kappa shape index (κ1) is 19.5. The van der Waals surface area contributed by atoms with Crippen molar-refractivity contribution in [2.75, 3.05) is 5.32 Å². The van der Waals surface area contributed by atoms with E-state index in [0.29, 0.717) is 10.7 Å². The van der Waals surface area contributed by atoms with Crippen LogP contribution in [0.2, 0.25) is 5.02 Å². The number of carbonyl (C=O) groups excluding carboxylic acids is 1. The Bertz CT molecular complexity index is 1100. The van der Waals surface area contributed by atoms with E-state index in [4.69, 9.17) is 11.6 Å². The highest BCUT2D eigenvalue weighted by Gasteiger charge is 2.14. The number of aromatic nitrogens is 1. The van der Waals surface area contributed by atoms with E-state index in [-0.39, 0.29) is 5.57 Å². The summed E-state index contributed by atoms with van der Waals surface area (Å²) in [6.07, 6.45) is 1.63. The first-order valence-electron chi connectivity index (χ1n) is 8.84. The molecule has 0 atom stereocenters. The Morgan fingerprint density at radius 2 is 1.79 bits per heavy atom. The summed E-state index contributed by atoms with van der Waals surface area (Å²) in [6.45, 7) is 5.85. The molecule has 0 bridgehead atoms. The van der Waals surface area contributed by atoms with Gasteiger partial charge in [-0.3, -0.25) is 4.79 Å². The molecule has 140 valence electrons. The van der Waals surface area contributed by atoms with Crippen LogP contribution in [0.5, 0.6) is 0 Å². The molecule has 0 spiro atoms. The molecule has 0 unspecified atom stereocenters. The summed E-state index contributed by atoms with van der Waals surface area (Å²) in [7, 11) is 0. The third kappa shape index (κ3) is 4.00. The van der Waals surface area contributed by atoms with Gasteiger partial charge in [0.1, 0.15) is 11.6 Å². The minimum atomic E-state index is -0.423. The van der Waals surface area contributed by atoms with Crippen molar-refractivity contribution in [3.05, 3.63) is 87.7 Å². The van der Waals surface area contributed by atoms with Crippen LogP contribution in [0.3, 0.4) is 0 Å². The second-order valence-electron chi connectivity index (χ2n) is 6.58. The fraction of sp³-hybridized carbons (Fsp3) is 0.130. The first-order valence-corrected chi connectivity index (χ1v) is 9.22. The van der Waals surface area contributed by atoms with E-state index in [9.17, 15) is 10.1 Å². The molecule has 1 aromatic heterocycles. The van der Waals surface area contributed by atoms with Crippen molar-refractivity contribution < 1.29 is 4.79 Å². The minimum Gasteiger partial charge on any atom is -0.321 e. The van der Waals surface area contributed by atoms with Gasteiger partial charge >= 0.3 is 0 Å². The quantitative estimate of drug-likeness (QED) is 0.466. The Kier molecular flexibility index (Phi) is 5.67. The smallest absolute Gasteiger partial charge is 0.266 e. The Morgan fingerprint density at radius 1 is 1.11 bits per heavy atom. The number of nitrogens with zero attached hydrogens (tertiary/aromatic N) is 2. The summed E-state index contributed by atoms with van der Waals surface area (Å²) in [4.78, 5) is 12.6. The van der Waals surface area contributed by atoms with Gasteiger partial charge in [-0.15, -0.1) is 0 Å². The summed E-state index contributed by atoms with van der Waals surface area (Å²) in [5, 5.41) is 13.0. The van der Waals surface area contributed by atoms with Gasteiger partial charge in [0.05, 0.1) is 0 Å². The van der Waals surface area contributed by atoms with Crippen molar-refractivity contribution in [3.8, 4) is 11.8 Å². The first-order chi connectivity index (χ1) is 13.4. The van der Waals surface area contributed by atoms with Crippen molar-refractivity contribution >= 4 is 29.3 Å². The fourth-order valence-electron chi connectivity index (χ4n) is 3.13. The lowest BCUT2D eigenvalue weighted by Gasteiger charge is -2.10. The number of para-hydroxylation sites is 1. The molecule has 4 nitrogen and oxygen atoms in total. The maximum Gasteiger partial charge on any atom is 0.266 e. The highest BCUT2D eigenvalue weighted by atomic mass is 35.5. The van der Waals surface area contributed by atoms with Crippen LogP contribution in [-0.2, 0) is 4.79 Å². The van der Waals surface area contributed by atoms with Gasteiger partial charge in [0.25, 0.3) is 5.91 Å². The zero-order valence-electron chi connectivity index (χ0n) is 16.0. The van der Waals surface area contributed by atoms with Crippen LogP contribution in [0.15, 0.2) is 60.2 Å². The highest BCUT2D eigenvalue weighted by Crippen LogP contribution is 2.24. The molecule has 5 heteroatoms. The molecule has 0 aliphatic rings. The predicted molar refractivity (Wildman–Crippen MR) is 114 cm³/mol. The van der Waals surface area contributed by atoms with Crippen LogP contribution >= 0.6 is 11.6 Å². The van der Waals surface area contributed by atoms with Gasteiger partial charge in [-0.25, -0.2) is 0 Å². The SMILES string of the molecule is Cc1ccccc1NC(=O)/C(C#N)=C/c1cc(C)n(-c2ccc(Cl)cc2)c1C. The number of nitrogens with one attached hydrogen (secondary N) is 1. The van der Waals surface area contributed by atoms with Crippen LogP contribution < -0.4 is 5.32 Å². The predicted octanol–water partition coefficient (Wildman–Crippen LogP) is 5.60. The zero-order chi connectivity index (χ0) is 20.3. The topological polar surface area (TPSA) is 57.8 Å². The number of benzene rings is 2. The molecule has 2 aromatic carbocycles. The molecule has 0 fully saturated rings. The molecule has 1 N–H and O–H groups in total. The molecule has 0 aliphatic heterocycles. The number of rotatable bonds is 4. The van der Waals surface area contributed by atoms with Crippen LogP contribution in [0.4, 0.5) is 5.69 Å². The van der Waals surface area contributed by atoms with Gasteiger partial charge in [-0.2, -0.15) is 5.26 Å². The summed E-state index contributed by atoms with van der Waals surface area (Å²) < 4.78 is 2.07. The van der Waals surface area contributed by atoms with Crippen LogP contribution in [0.1, 0.15) is 22.5 Å². The summed E-state index contributed by atoms with van der Waals surface area (Å²) >= 11 is 5.98. The van der Waals surface area contributed by atoms with E-state index in [0.717, 1.165) is 28.2 Å². The van der Waals surface area contributed by atoms with E-state index < -0.39 is 5.91 Å². The Balaban J connectivity index is 1.94. The monoisotopic (exact) mass is 389 g/mol. The van der Waals surface area contributed by atoms with E-state index in [1.165, 1.54) is 0 Å². The van der Waals surface area contributed by atoms with Crippen LogP contribution in [-0.4, -0.2) is 10.5 Å². The normalized spacial score (nSPS) is 11.2. The Labute approximate surface area is 169 Å². The van der Waals surface area contributed by atoms with Crippen molar-refractivity contribution in [2.24, 2.45) is 0 Å². The fourth-order valence-corrected chi connectivity index (χ4v) is 3.25. The van der Waals surface area contributed by atoms with Gasteiger partial charge in [-0.05, 0) is 74.4 Å². The summed E-state index contributed by atoms with van der Waals surface area (Å²) in [5.74, 6) is -0.423. The number of halogens is 1. The second kappa shape index (κ2) is 8.16. The number of aryl methyl sites for hydroxylation is 2. The third-order valence-corrected chi connectivity index (χ3v) is 4.87. The average Bonchev–Trinajstić information content (AvgIpc) is 2.95. The van der Waals surface area contributed by atoms with E-state index in [1.54, 1.807) is 6.08 Å². The van der Waals surface area contributed by atoms with Crippen molar-refractivity contribution in [2.45, 2.75) is 20.8 Å². The Hall–Kier alpha value is -3.29. The van der Waals surface area contributed by atoms with Crippen LogP contribution in [0, 0.1) is 32.1 Å². The molecule has 1 amide bonds. The van der Waals surface area contributed by atoms with Crippen molar-refractivity contribution in [1.29, 1.82) is 5.26 Å². The number of amides is 1. The van der Waals surface area contributed by atoms with Gasteiger partial charge in [0.15, 0.2) is 0 Å². The average molecular weight is 390 g/mol. The van der Waals surface area contributed by atoms with Gasteiger partial charge < -0.3 is 9.88 Å². The molecule has 1 heterocycles. The second-order valence-corrected chi connectivity index (χ2v) is 7.01. The molecule has 0 saturated heterocycles. The lowest BCUT2D eigenvalue weighted by molar-refractivity contribution is -0.112. The van der Waals surface area contributed by atoms with E-state index in [1.807, 2.05) is 81.4 Å². The van der Waals surface area contributed by atoms with E-state index >= 15 is 0 Å². The number of anilines is 1. The maximum atomic E-state index is 12.6. The Morgan fingerprint density at radius 3 is 2.43 bits per heavy atom. The number of hydrogen-bond donors (Lipinski definition) is 1. The molecular weight excluding hydrogens is 370 g/mol. The molecule has 0 saturated carbocycles. The van der Waals surface area contributed by atoms with Crippen LogP contribution in [0.25, 0.3) is 11.8 Å². The molecule has 0 aliphatic carbocycles. The summed E-state index contributed by atoms with van der Waals surface area (Å²) in [5.41, 5.74) is 5.43. The third-order valence-electron chi connectivity index (χ3n) is 4.61. The molecular formula is C23H20ClN3O. The summed E-state index contributed by atoms with van der Waals surface area (Å²) in [6, 6.07) is 19.0. The minimum absolute atomic E-state index is 0.0552. The van der Waals surface area contributed by atoms with Gasteiger partial charge in [-0.1, -0.05) is 29.8 Å². The maximum absolute atomic E-state index is 12.6. The van der Waals surface area contributed by atoms with Crippen molar-refractivity contribution in [1.82, 2.24) is 4.57 Å². The lowest BCUT2D eigenvalue weighted by Crippen LogP contribution is -2.14. The molecule has 3 aromatic rings. The van der Waals surface area contributed by atoms with Crippen molar-refractivity contribution in [3.63, 3.8) is 0 Å².